The normalized spacial score (nSPS) is 11.7. The van der Waals surface area contributed by atoms with Crippen molar-refractivity contribution >= 4 is 11.0 Å². The van der Waals surface area contributed by atoms with Crippen molar-refractivity contribution in [2.24, 2.45) is 0 Å². The Bertz CT molecular complexity index is 1750. The summed E-state index contributed by atoms with van der Waals surface area (Å²) in [6.07, 6.45) is 3.65. The van der Waals surface area contributed by atoms with Gasteiger partial charge in [-0.2, -0.15) is 0 Å². The van der Waals surface area contributed by atoms with E-state index in [1.54, 1.807) is 6.07 Å². The fraction of sp³-hybridized carbons (Fsp3) is 0.121. The Kier molecular flexibility index (Phi) is 5.76. The maximum absolute atomic E-state index is 10.8. The number of nitrogens with zero attached hydrogens (tertiary/aromatic N) is 4. The molecule has 0 atom stereocenters. The van der Waals surface area contributed by atoms with Crippen LogP contribution in [0.5, 0.6) is 5.75 Å². The highest BCUT2D eigenvalue weighted by atomic mass is 16.3. The number of hydrogen-bond acceptors (Lipinski definition) is 4. The molecule has 0 aliphatic rings. The summed E-state index contributed by atoms with van der Waals surface area (Å²) < 4.78 is 2.09. The van der Waals surface area contributed by atoms with Gasteiger partial charge in [-0.1, -0.05) is 57.2 Å². The number of fused-ring (bicyclic) bond motifs is 1. The Morgan fingerprint density at radius 1 is 0.711 bits per heavy atom. The van der Waals surface area contributed by atoms with Crippen LogP contribution in [0.1, 0.15) is 26.3 Å². The minimum atomic E-state index is -0.0716. The Hall–Kier alpha value is -4.77. The van der Waals surface area contributed by atoms with Gasteiger partial charge in [-0.05, 0) is 71.6 Å². The molecule has 0 fully saturated rings. The van der Waals surface area contributed by atoms with Crippen molar-refractivity contribution in [3.05, 3.63) is 115 Å². The lowest BCUT2D eigenvalue weighted by atomic mass is 9.84. The quantitative estimate of drug-likeness (QED) is 0.270. The minimum absolute atomic E-state index is 0.0716. The van der Waals surface area contributed by atoms with Gasteiger partial charge in [-0.15, -0.1) is 0 Å². The van der Waals surface area contributed by atoms with E-state index in [0.29, 0.717) is 11.4 Å². The molecule has 6 aromatic rings. The first kappa shape index (κ1) is 23.6. The summed E-state index contributed by atoms with van der Waals surface area (Å²) in [5.74, 6) is 0.845. The van der Waals surface area contributed by atoms with Crippen LogP contribution >= 0.6 is 0 Å². The maximum atomic E-state index is 10.8. The van der Waals surface area contributed by atoms with Gasteiger partial charge in [0.1, 0.15) is 17.1 Å². The number of benzene rings is 3. The summed E-state index contributed by atoms with van der Waals surface area (Å²) >= 11 is 0. The molecule has 5 nitrogen and oxygen atoms in total. The molecule has 186 valence electrons. The van der Waals surface area contributed by atoms with Gasteiger partial charge in [-0.3, -0.25) is 14.5 Å². The third-order valence-corrected chi connectivity index (χ3v) is 6.77. The fourth-order valence-electron chi connectivity index (χ4n) is 4.78. The number of para-hydroxylation sites is 2. The first-order valence-electron chi connectivity index (χ1n) is 12.7. The van der Waals surface area contributed by atoms with E-state index in [1.807, 2.05) is 85.2 Å². The SMILES string of the molecule is CC(C)(C)c1cc(-c2ccccn2)cc(-c2nccc3c2nc(-c2ccccc2O)n3-c2ccccc2)c1. The van der Waals surface area contributed by atoms with Crippen LogP contribution in [-0.4, -0.2) is 24.6 Å². The third-order valence-electron chi connectivity index (χ3n) is 6.77. The van der Waals surface area contributed by atoms with Gasteiger partial charge in [0.05, 0.1) is 22.5 Å². The monoisotopic (exact) mass is 496 g/mol. The summed E-state index contributed by atoms with van der Waals surface area (Å²) in [7, 11) is 0. The van der Waals surface area contributed by atoms with Gasteiger partial charge in [0, 0.05) is 29.2 Å². The number of pyridine rings is 2. The number of hydrogen-bond donors (Lipinski definition) is 1. The van der Waals surface area contributed by atoms with Crippen molar-refractivity contribution in [2.45, 2.75) is 26.2 Å². The molecule has 3 aromatic carbocycles. The molecule has 3 aromatic heterocycles. The van der Waals surface area contributed by atoms with E-state index in [-0.39, 0.29) is 11.2 Å². The topological polar surface area (TPSA) is 63.8 Å². The molecule has 0 aliphatic heterocycles. The first-order valence-corrected chi connectivity index (χ1v) is 12.7. The second kappa shape index (κ2) is 9.27. The largest absolute Gasteiger partial charge is 0.507 e. The molecular weight excluding hydrogens is 468 g/mol. The zero-order valence-corrected chi connectivity index (χ0v) is 21.6. The van der Waals surface area contributed by atoms with E-state index in [4.69, 9.17) is 9.97 Å². The van der Waals surface area contributed by atoms with E-state index in [2.05, 4.69) is 48.5 Å². The molecule has 0 radical (unpaired) electrons. The second-order valence-corrected chi connectivity index (χ2v) is 10.4. The zero-order chi connectivity index (χ0) is 26.3. The predicted octanol–water partition coefficient (Wildman–Crippen LogP) is 7.82. The maximum Gasteiger partial charge on any atom is 0.149 e. The lowest BCUT2D eigenvalue weighted by Gasteiger charge is -2.21. The van der Waals surface area contributed by atoms with Crippen LogP contribution in [-0.2, 0) is 5.41 Å². The summed E-state index contributed by atoms with van der Waals surface area (Å²) in [4.78, 5) is 14.6. The van der Waals surface area contributed by atoms with Gasteiger partial charge in [0.15, 0.2) is 0 Å². The standard InChI is InChI=1S/C33H28N4O/c1-33(2,3)24-20-22(27-14-9-10-17-34-27)19-23(21-24)30-31-28(16-18-35-30)37(25-11-5-4-6-12-25)32(36-31)26-13-7-8-15-29(26)38/h4-21,38H,1-3H3. The molecule has 0 aliphatic carbocycles. The molecule has 0 unspecified atom stereocenters. The average Bonchev–Trinajstić information content (AvgIpc) is 3.33. The minimum Gasteiger partial charge on any atom is -0.507 e. The van der Waals surface area contributed by atoms with Crippen molar-refractivity contribution in [3.63, 3.8) is 0 Å². The smallest absolute Gasteiger partial charge is 0.149 e. The van der Waals surface area contributed by atoms with Crippen LogP contribution < -0.4 is 0 Å². The Balaban J connectivity index is 1.65. The van der Waals surface area contributed by atoms with E-state index in [1.165, 1.54) is 5.56 Å². The van der Waals surface area contributed by atoms with Gasteiger partial charge in [0.2, 0.25) is 0 Å². The van der Waals surface area contributed by atoms with Crippen molar-refractivity contribution in [1.82, 2.24) is 19.5 Å². The summed E-state index contributed by atoms with van der Waals surface area (Å²) in [6, 6.07) is 31.9. The first-order chi connectivity index (χ1) is 18.4. The third kappa shape index (κ3) is 4.22. The molecule has 0 amide bonds. The summed E-state index contributed by atoms with van der Waals surface area (Å²) in [5.41, 5.74) is 8.15. The number of rotatable bonds is 4. The molecule has 0 bridgehead atoms. The fourth-order valence-corrected chi connectivity index (χ4v) is 4.78. The van der Waals surface area contributed by atoms with Crippen LogP contribution in [0.3, 0.4) is 0 Å². The van der Waals surface area contributed by atoms with E-state index < -0.39 is 0 Å². The molecule has 5 heteroatoms. The lowest BCUT2D eigenvalue weighted by Crippen LogP contribution is -2.11. The molecule has 0 spiro atoms. The van der Waals surface area contributed by atoms with Gasteiger partial charge >= 0.3 is 0 Å². The number of aromatic nitrogens is 4. The van der Waals surface area contributed by atoms with Gasteiger partial charge in [0.25, 0.3) is 0 Å². The second-order valence-electron chi connectivity index (χ2n) is 10.4. The van der Waals surface area contributed by atoms with Crippen molar-refractivity contribution in [1.29, 1.82) is 0 Å². The molecule has 0 saturated heterocycles. The Labute approximate surface area is 222 Å². The van der Waals surface area contributed by atoms with Crippen molar-refractivity contribution in [3.8, 4) is 45.3 Å². The molecule has 6 rings (SSSR count). The molecule has 0 saturated carbocycles. The van der Waals surface area contributed by atoms with Gasteiger partial charge in [-0.25, -0.2) is 4.98 Å². The Morgan fingerprint density at radius 2 is 1.45 bits per heavy atom. The zero-order valence-electron chi connectivity index (χ0n) is 21.6. The highest BCUT2D eigenvalue weighted by molar-refractivity contribution is 5.94. The number of phenols is 1. The van der Waals surface area contributed by atoms with Crippen LogP contribution in [0.4, 0.5) is 0 Å². The van der Waals surface area contributed by atoms with E-state index in [0.717, 1.165) is 39.2 Å². The van der Waals surface area contributed by atoms with E-state index in [9.17, 15) is 5.11 Å². The van der Waals surface area contributed by atoms with Gasteiger partial charge < -0.3 is 5.11 Å². The van der Waals surface area contributed by atoms with Crippen LogP contribution in [0.2, 0.25) is 0 Å². The van der Waals surface area contributed by atoms with Crippen LogP contribution in [0.15, 0.2) is 109 Å². The van der Waals surface area contributed by atoms with Crippen LogP contribution in [0, 0.1) is 0 Å². The highest BCUT2D eigenvalue weighted by Crippen LogP contribution is 2.38. The summed E-state index contributed by atoms with van der Waals surface area (Å²) in [6.45, 7) is 6.63. The van der Waals surface area contributed by atoms with Crippen molar-refractivity contribution in [2.75, 3.05) is 0 Å². The number of aromatic hydroxyl groups is 1. The Morgan fingerprint density at radius 3 is 2.18 bits per heavy atom. The summed E-state index contributed by atoms with van der Waals surface area (Å²) in [5, 5.41) is 10.8. The number of phenolic OH excluding ortho intramolecular Hbond substituents is 1. The predicted molar refractivity (Wildman–Crippen MR) is 153 cm³/mol. The number of imidazole rings is 1. The highest BCUT2D eigenvalue weighted by Gasteiger charge is 2.22. The molecule has 38 heavy (non-hydrogen) atoms. The molecular formula is C33H28N4O. The van der Waals surface area contributed by atoms with E-state index >= 15 is 0 Å². The lowest BCUT2D eigenvalue weighted by molar-refractivity contribution is 0.477. The average molecular weight is 497 g/mol. The van der Waals surface area contributed by atoms with Crippen molar-refractivity contribution < 1.29 is 5.11 Å². The van der Waals surface area contributed by atoms with Crippen LogP contribution in [0.25, 0.3) is 50.6 Å². The molecule has 1 N–H and O–H groups in total. The molecule has 3 heterocycles.